The number of hydrogen-bond acceptors (Lipinski definition) is 7. The van der Waals surface area contributed by atoms with Gasteiger partial charge in [-0.3, -0.25) is 4.57 Å². The first-order valence-corrected chi connectivity index (χ1v) is 10.7. The lowest BCUT2D eigenvalue weighted by Crippen LogP contribution is -2.29. The molecule has 0 unspecified atom stereocenters. The minimum atomic E-state index is -0.188. The topological polar surface area (TPSA) is 87.9 Å². The summed E-state index contributed by atoms with van der Waals surface area (Å²) >= 11 is 1.64. The van der Waals surface area contributed by atoms with Crippen molar-refractivity contribution in [2.24, 2.45) is 0 Å². The lowest BCUT2D eigenvalue weighted by Gasteiger charge is -2.26. The van der Waals surface area contributed by atoms with Gasteiger partial charge >= 0.3 is 0 Å². The van der Waals surface area contributed by atoms with Crippen molar-refractivity contribution in [2.45, 2.75) is 37.8 Å². The van der Waals surface area contributed by atoms with Crippen molar-refractivity contribution >= 4 is 40.0 Å². The Kier molecular flexibility index (Phi) is 4.87. The summed E-state index contributed by atoms with van der Waals surface area (Å²) in [6, 6.07) is 12.3. The van der Waals surface area contributed by atoms with Gasteiger partial charge in [0.2, 0.25) is 5.95 Å². The fourth-order valence-corrected chi connectivity index (χ4v) is 4.32. The van der Waals surface area contributed by atoms with Gasteiger partial charge in [-0.1, -0.05) is 18.2 Å². The van der Waals surface area contributed by atoms with E-state index < -0.39 is 0 Å². The number of anilines is 3. The molecule has 0 atom stereocenters. The van der Waals surface area contributed by atoms with Crippen LogP contribution in [0, 0.1) is 0 Å². The van der Waals surface area contributed by atoms with Crippen molar-refractivity contribution in [3.8, 4) is 5.69 Å². The molecule has 1 aliphatic carbocycles. The highest BCUT2D eigenvalue weighted by atomic mass is 32.1. The number of rotatable bonds is 5. The zero-order valence-corrected chi connectivity index (χ0v) is 16.6. The van der Waals surface area contributed by atoms with Crippen molar-refractivity contribution in [2.75, 3.05) is 10.6 Å². The molecule has 8 heteroatoms. The smallest absolute Gasteiger partial charge is 0.227 e. The summed E-state index contributed by atoms with van der Waals surface area (Å²) in [5.74, 6) is 1.25. The Morgan fingerprint density at radius 1 is 1.03 bits per heavy atom. The van der Waals surface area contributed by atoms with E-state index in [2.05, 4.69) is 21.0 Å². The minimum absolute atomic E-state index is 0.188. The Morgan fingerprint density at radius 2 is 1.86 bits per heavy atom. The summed E-state index contributed by atoms with van der Waals surface area (Å²) in [6.07, 6.45) is 5.04. The van der Waals surface area contributed by atoms with Gasteiger partial charge < -0.3 is 15.7 Å². The van der Waals surface area contributed by atoms with E-state index >= 15 is 0 Å². The normalized spacial score (nSPS) is 19.3. The maximum absolute atomic E-state index is 9.78. The van der Waals surface area contributed by atoms with Crippen molar-refractivity contribution < 1.29 is 5.11 Å². The monoisotopic (exact) mass is 406 g/mol. The largest absolute Gasteiger partial charge is 0.393 e. The summed E-state index contributed by atoms with van der Waals surface area (Å²) in [4.78, 5) is 14.1. The fourth-order valence-electron chi connectivity index (χ4n) is 3.70. The first kappa shape index (κ1) is 18.1. The van der Waals surface area contributed by atoms with Gasteiger partial charge in [0.25, 0.3) is 0 Å². The van der Waals surface area contributed by atoms with Crippen molar-refractivity contribution in [3.05, 3.63) is 53.5 Å². The van der Waals surface area contributed by atoms with Crippen molar-refractivity contribution in [3.63, 3.8) is 0 Å². The highest BCUT2D eigenvalue weighted by Gasteiger charge is 2.21. The number of thiophene rings is 1. The van der Waals surface area contributed by atoms with Crippen LogP contribution in [-0.4, -0.2) is 36.8 Å². The van der Waals surface area contributed by atoms with Gasteiger partial charge in [0.05, 0.1) is 11.8 Å². The van der Waals surface area contributed by atoms with Crippen LogP contribution >= 0.6 is 11.3 Å². The molecule has 29 heavy (non-hydrogen) atoms. The predicted molar refractivity (Wildman–Crippen MR) is 116 cm³/mol. The van der Waals surface area contributed by atoms with Crippen LogP contribution in [0.15, 0.2) is 53.5 Å². The van der Waals surface area contributed by atoms with Gasteiger partial charge in [0.1, 0.15) is 6.33 Å². The lowest BCUT2D eigenvalue weighted by atomic mass is 9.93. The van der Waals surface area contributed by atoms with Crippen molar-refractivity contribution in [1.82, 2.24) is 19.5 Å². The molecule has 5 rings (SSSR count). The number of aromatic nitrogens is 4. The second-order valence-electron chi connectivity index (χ2n) is 7.30. The molecule has 1 aliphatic rings. The van der Waals surface area contributed by atoms with Crippen LogP contribution in [0.5, 0.6) is 0 Å². The summed E-state index contributed by atoms with van der Waals surface area (Å²) in [5.41, 5.74) is 3.47. The molecule has 4 aromatic rings. The van der Waals surface area contributed by atoms with Crippen LogP contribution in [0.4, 0.5) is 17.5 Å². The van der Waals surface area contributed by atoms with Crippen LogP contribution in [0.3, 0.4) is 0 Å². The Hall–Kier alpha value is -2.97. The first-order chi connectivity index (χ1) is 14.3. The number of imidazole rings is 1. The number of para-hydroxylation sites is 1. The third kappa shape index (κ3) is 3.81. The molecule has 0 radical (unpaired) electrons. The highest BCUT2D eigenvalue weighted by Crippen LogP contribution is 2.28. The molecule has 1 saturated carbocycles. The zero-order chi connectivity index (χ0) is 19.6. The fraction of sp³-hybridized carbons (Fsp3) is 0.286. The molecule has 7 nitrogen and oxygen atoms in total. The second kappa shape index (κ2) is 7.81. The van der Waals surface area contributed by atoms with Crippen LogP contribution in [0.25, 0.3) is 16.9 Å². The number of nitrogens with one attached hydrogen (secondary N) is 2. The summed E-state index contributed by atoms with van der Waals surface area (Å²) in [5, 5.41) is 20.7. The van der Waals surface area contributed by atoms with Gasteiger partial charge in [-0.15, -0.1) is 0 Å². The van der Waals surface area contributed by atoms with Gasteiger partial charge in [0, 0.05) is 17.1 Å². The maximum atomic E-state index is 9.78. The lowest BCUT2D eigenvalue weighted by molar-refractivity contribution is 0.126. The van der Waals surface area contributed by atoms with E-state index in [-0.39, 0.29) is 12.1 Å². The number of aliphatic hydroxyl groups is 1. The summed E-state index contributed by atoms with van der Waals surface area (Å²) < 4.78 is 1.99. The molecule has 0 amide bonds. The van der Waals surface area contributed by atoms with E-state index in [1.54, 1.807) is 17.7 Å². The van der Waals surface area contributed by atoms with Gasteiger partial charge in [-0.05, 0) is 49.3 Å². The molecular weight excluding hydrogens is 384 g/mol. The number of fused-ring (bicyclic) bond motifs is 1. The summed E-state index contributed by atoms with van der Waals surface area (Å²) in [7, 11) is 0. The van der Waals surface area contributed by atoms with E-state index in [4.69, 9.17) is 9.97 Å². The Labute approximate surface area is 172 Å². The van der Waals surface area contributed by atoms with E-state index in [1.165, 1.54) is 0 Å². The minimum Gasteiger partial charge on any atom is -0.393 e. The maximum Gasteiger partial charge on any atom is 0.227 e. The number of aliphatic hydroxyl groups excluding tert-OH is 1. The third-order valence-electron chi connectivity index (χ3n) is 5.25. The Balaban J connectivity index is 1.54. The van der Waals surface area contributed by atoms with Crippen LogP contribution in [0.1, 0.15) is 25.7 Å². The molecule has 3 aromatic heterocycles. The molecule has 0 spiro atoms. The van der Waals surface area contributed by atoms with Crippen molar-refractivity contribution in [1.29, 1.82) is 0 Å². The highest BCUT2D eigenvalue weighted by molar-refractivity contribution is 7.08. The van der Waals surface area contributed by atoms with E-state index in [0.29, 0.717) is 11.8 Å². The number of hydrogen-bond donors (Lipinski definition) is 3. The molecule has 0 bridgehead atoms. The first-order valence-electron chi connectivity index (χ1n) is 9.80. The van der Waals surface area contributed by atoms with Gasteiger partial charge in [0.15, 0.2) is 17.0 Å². The average Bonchev–Trinajstić information content (AvgIpc) is 3.40. The number of benzene rings is 1. The number of nitrogens with zero attached hydrogens (tertiary/aromatic N) is 4. The summed E-state index contributed by atoms with van der Waals surface area (Å²) in [6.45, 7) is 0. The van der Waals surface area contributed by atoms with E-state index in [9.17, 15) is 5.11 Å². The molecule has 3 N–H and O–H groups in total. The standard InChI is InChI=1S/C21H22N6OS/c28-17-8-6-15(7-9-17)24-21-25-19(23-14-4-2-1-3-5-14)18-20(26-21)27(13-22-18)16-10-11-29-12-16/h1-5,10-13,15,17,28H,6-9H2,(H2,23,24,25,26). The Morgan fingerprint density at radius 3 is 2.62 bits per heavy atom. The van der Waals surface area contributed by atoms with Crippen LogP contribution in [-0.2, 0) is 0 Å². The molecule has 3 heterocycles. The zero-order valence-electron chi connectivity index (χ0n) is 15.8. The van der Waals surface area contributed by atoms with Gasteiger partial charge in [-0.25, -0.2) is 4.98 Å². The van der Waals surface area contributed by atoms with Crippen LogP contribution in [0.2, 0.25) is 0 Å². The molecule has 148 valence electrons. The molecule has 0 aliphatic heterocycles. The molecule has 0 saturated heterocycles. The van der Waals surface area contributed by atoms with E-state index in [1.807, 2.05) is 46.3 Å². The predicted octanol–water partition coefficient (Wildman–Crippen LogP) is 4.34. The average molecular weight is 407 g/mol. The Bertz CT molecular complexity index is 1090. The third-order valence-corrected chi connectivity index (χ3v) is 5.92. The SMILES string of the molecule is OC1CCC(Nc2nc(Nc3ccccc3)c3ncn(-c4ccsc4)c3n2)CC1. The van der Waals surface area contributed by atoms with Crippen LogP contribution < -0.4 is 10.6 Å². The van der Waals surface area contributed by atoms with E-state index in [0.717, 1.165) is 48.2 Å². The quantitative estimate of drug-likeness (QED) is 0.457. The second-order valence-corrected chi connectivity index (χ2v) is 8.08. The van der Waals surface area contributed by atoms with Gasteiger partial charge in [-0.2, -0.15) is 21.3 Å². The molecule has 1 aromatic carbocycles. The molecular formula is C21H22N6OS. The molecule has 1 fully saturated rings.